The second-order valence-electron chi connectivity index (χ2n) is 10.6. The molecule has 1 atom stereocenters. The standard InChI is InChI=1S/C35H34N6O3/c1-43-29-15-13-27(14-16-29)24-40(23-26-11-7-4-8-12-26)33(31-22-28-21-30(44-2)17-18-32(28)36-35(31)42)34-37-38-39-41(34)20-19-25-9-5-3-6-10-25/h3-18,21-22,33H,19-20,23-24H2,1-2H3,(H,36,42)/t33-/m1/s1. The number of hydrogen-bond acceptors (Lipinski definition) is 7. The van der Waals surface area contributed by atoms with Crippen molar-refractivity contribution < 1.29 is 9.47 Å². The Bertz CT molecular complexity index is 1870. The lowest BCUT2D eigenvalue weighted by Gasteiger charge is -2.31. The maximum absolute atomic E-state index is 13.9. The number of aromatic nitrogens is 5. The summed E-state index contributed by atoms with van der Waals surface area (Å²) < 4.78 is 12.7. The second kappa shape index (κ2) is 13.4. The predicted octanol–water partition coefficient (Wildman–Crippen LogP) is 5.57. The van der Waals surface area contributed by atoms with E-state index in [-0.39, 0.29) is 5.56 Å². The average molecular weight is 587 g/mol. The Kier molecular flexibility index (Phi) is 8.75. The number of benzene rings is 4. The molecule has 4 aromatic carbocycles. The van der Waals surface area contributed by atoms with Crippen molar-refractivity contribution in [2.45, 2.75) is 32.1 Å². The number of aryl methyl sites for hydroxylation is 2. The number of nitrogens with one attached hydrogen (secondary N) is 1. The minimum atomic E-state index is -0.567. The molecular formula is C35H34N6O3. The fourth-order valence-electron chi connectivity index (χ4n) is 5.50. The van der Waals surface area contributed by atoms with E-state index >= 15 is 0 Å². The number of aromatic amines is 1. The summed E-state index contributed by atoms with van der Waals surface area (Å²) in [6.07, 6.45) is 0.744. The molecule has 0 unspecified atom stereocenters. The number of H-pyrrole nitrogens is 1. The molecule has 0 bridgehead atoms. The summed E-state index contributed by atoms with van der Waals surface area (Å²) in [5.41, 5.74) is 4.43. The molecule has 0 spiro atoms. The van der Waals surface area contributed by atoms with Gasteiger partial charge in [-0.15, -0.1) is 5.10 Å². The molecule has 0 aliphatic heterocycles. The third-order valence-electron chi connectivity index (χ3n) is 7.77. The molecular weight excluding hydrogens is 552 g/mol. The van der Waals surface area contributed by atoms with Crippen LogP contribution >= 0.6 is 0 Å². The van der Waals surface area contributed by atoms with Gasteiger partial charge in [0.15, 0.2) is 5.82 Å². The lowest BCUT2D eigenvalue weighted by Crippen LogP contribution is -2.35. The zero-order chi connectivity index (χ0) is 30.3. The minimum Gasteiger partial charge on any atom is -0.497 e. The van der Waals surface area contributed by atoms with Crippen LogP contribution in [0.1, 0.15) is 34.1 Å². The average Bonchev–Trinajstić information content (AvgIpc) is 3.53. The van der Waals surface area contributed by atoms with E-state index in [0.717, 1.165) is 34.2 Å². The number of hydrogen-bond donors (Lipinski definition) is 1. The molecule has 0 fully saturated rings. The molecule has 0 saturated heterocycles. The van der Waals surface area contributed by atoms with Gasteiger partial charge in [0.25, 0.3) is 5.56 Å². The maximum atomic E-state index is 13.9. The third kappa shape index (κ3) is 6.53. The topological polar surface area (TPSA) is 98.2 Å². The summed E-state index contributed by atoms with van der Waals surface area (Å²) in [7, 11) is 3.29. The van der Waals surface area contributed by atoms with Crippen molar-refractivity contribution in [2.75, 3.05) is 14.2 Å². The molecule has 6 rings (SSSR count). The maximum Gasteiger partial charge on any atom is 0.253 e. The molecule has 0 amide bonds. The van der Waals surface area contributed by atoms with Gasteiger partial charge in [-0.3, -0.25) is 9.69 Å². The molecule has 0 saturated carbocycles. The Morgan fingerprint density at radius 1 is 0.773 bits per heavy atom. The summed E-state index contributed by atoms with van der Waals surface area (Å²) in [5.74, 6) is 2.09. The van der Waals surface area contributed by atoms with Crippen LogP contribution in [-0.2, 0) is 26.1 Å². The zero-order valence-electron chi connectivity index (χ0n) is 24.8. The van der Waals surface area contributed by atoms with Crippen molar-refractivity contribution in [2.24, 2.45) is 0 Å². The molecule has 2 aromatic heterocycles. The third-order valence-corrected chi connectivity index (χ3v) is 7.77. The molecule has 222 valence electrons. The van der Waals surface area contributed by atoms with Crippen molar-refractivity contribution >= 4 is 10.9 Å². The number of rotatable bonds is 12. The van der Waals surface area contributed by atoms with Gasteiger partial charge in [0.05, 0.1) is 14.2 Å². The van der Waals surface area contributed by atoms with Crippen LogP contribution in [0.2, 0.25) is 0 Å². The van der Waals surface area contributed by atoms with Crippen LogP contribution in [0, 0.1) is 0 Å². The van der Waals surface area contributed by atoms with Crippen molar-refractivity contribution in [3.05, 3.63) is 148 Å². The minimum absolute atomic E-state index is 0.196. The highest BCUT2D eigenvalue weighted by atomic mass is 16.5. The van der Waals surface area contributed by atoms with Crippen molar-refractivity contribution in [1.29, 1.82) is 0 Å². The molecule has 44 heavy (non-hydrogen) atoms. The van der Waals surface area contributed by atoms with E-state index in [1.165, 1.54) is 5.56 Å². The molecule has 6 aromatic rings. The van der Waals surface area contributed by atoms with Crippen LogP contribution in [0.25, 0.3) is 10.9 Å². The van der Waals surface area contributed by atoms with Gasteiger partial charge in [0.2, 0.25) is 0 Å². The fraction of sp³-hybridized carbons (Fsp3) is 0.200. The van der Waals surface area contributed by atoms with Gasteiger partial charge in [-0.05, 0) is 69.9 Å². The van der Waals surface area contributed by atoms with Crippen molar-refractivity contribution in [1.82, 2.24) is 30.1 Å². The largest absolute Gasteiger partial charge is 0.497 e. The molecule has 1 N–H and O–H groups in total. The lowest BCUT2D eigenvalue weighted by molar-refractivity contribution is 0.193. The normalized spacial score (nSPS) is 12.0. The van der Waals surface area contributed by atoms with Crippen molar-refractivity contribution in [3.63, 3.8) is 0 Å². The molecule has 0 aliphatic carbocycles. The zero-order valence-corrected chi connectivity index (χ0v) is 24.8. The summed E-state index contributed by atoms with van der Waals surface area (Å²) in [5, 5.41) is 13.9. The van der Waals surface area contributed by atoms with E-state index in [4.69, 9.17) is 9.47 Å². The van der Waals surface area contributed by atoms with E-state index in [1.807, 2.05) is 89.6 Å². The predicted molar refractivity (Wildman–Crippen MR) is 170 cm³/mol. The van der Waals surface area contributed by atoms with Crippen LogP contribution in [0.5, 0.6) is 11.5 Å². The number of methoxy groups -OCH3 is 2. The van der Waals surface area contributed by atoms with Gasteiger partial charge in [-0.2, -0.15) is 0 Å². The van der Waals surface area contributed by atoms with Gasteiger partial charge in [0, 0.05) is 36.1 Å². The monoisotopic (exact) mass is 586 g/mol. The summed E-state index contributed by atoms with van der Waals surface area (Å²) in [6, 6.07) is 35.4. The van der Waals surface area contributed by atoms with Crippen LogP contribution in [0.15, 0.2) is 114 Å². The first-order chi connectivity index (χ1) is 21.6. The number of nitrogens with zero attached hydrogens (tertiary/aromatic N) is 5. The van der Waals surface area contributed by atoms with E-state index < -0.39 is 6.04 Å². The molecule has 0 radical (unpaired) electrons. The molecule has 0 aliphatic rings. The number of tetrazole rings is 1. The highest BCUT2D eigenvalue weighted by molar-refractivity contribution is 5.80. The number of pyridine rings is 1. The quantitative estimate of drug-likeness (QED) is 0.200. The van der Waals surface area contributed by atoms with E-state index in [1.54, 1.807) is 14.2 Å². The Hall–Kier alpha value is -5.28. The van der Waals surface area contributed by atoms with Gasteiger partial charge in [-0.25, -0.2) is 4.68 Å². The van der Waals surface area contributed by atoms with Crippen LogP contribution in [-0.4, -0.2) is 44.3 Å². The van der Waals surface area contributed by atoms with E-state index in [2.05, 4.69) is 49.7 Å². The first-order valence-corrected chi connectivity index (χ1v) is 14.5. The Balaban J connectivity index is 1.49. The second-order valence-corrected chi connectivity index (χ2v) is 10.6. The number of ether oxygens (including phenoxy) is 2. The Labute approximate surface area is 255 Å². The highest BCUT2D eigenvalue weighted by Gasteiger charge is 2.31. The van der Waals surface area contributed by atoms with Crippen LogP contribution in [0.3, 0.4) is 0 Å². The van der Waals surface area contributed by atoms with Gasteiger partial charge in [-0.1, -0.05) is 72.8 Å². The van der Waals surface area contributed by atoms with E-state index in [0.29, 0.717) is 36.8 Å². The molecule has 2 heterocycles. The van der Waals surface area contributed by atoms with Gasteiger partial charge >= 0.3 is 0 Å². The van der Waals surface area contributed by atoms with E-state index in [9.17, 15) is 4.79 Å². The molecule has 9 nitrogen and oxygen atoms in total. The Morgan fingerprint density at radius 2 is 1.41 bits per heavy atom. The van der Waals surface area contributed by atoms with Crippen LogP contribution < -0.4 is 15.0 Å². The number of fused-ring (bicyclic) bond motifs is 1. The lowest BCUT2D eigenvalue weighted by atomic mass is 10.0. The van der Waals surface area contributed by atoms with Gasteiger partial charge in [0.1, 0.15) is 17.5 Å². The highest BCUT2D eigenvalue weighted by Crippen LogP contribution is 2.31. The van der Waals surface area contributed by atoms with Gasteiger partial charge < -0.3 is 14.5 Å². The SMILES string of the molecule is COc1ccc(CN(Cc2ccccc2)[C@H](c2cc3cc(OC)ccc3[nH]c2=O)c2nnnn2CCc2ccccc2)cc1. The van der Waals surface area contributed by atoms with Crippen molar-refractivity contribution in [3.8, 4) is 11.5 Å². The summed E-state index contributed by atoms with van der Waals surface area (Å²) in [6.45, 7) is 1.65. The summed E-state index contributed by atoms with van der Waals surface area (Å²) in [4.78, 5) is 19.2. The Morgan fingerprint density at radius 3 is 2.09 bits per heavy atom. The smallest absolute Gasteiger partial charge is 0.253 e. The first kappa shape index (κ1) is 28.8. The fourth-order valence-corrected chi connectivity index (χ4v) is 5.50. The van der Waals surface area contributed by atoms with Crippen LogP contribution in [0.4, 0.5) is 0 Å². The first-order valence-electron chi connectivity index (χ1n) is 14.5. The molecule has 9 heteroatoms. The summed E-state index contributed by atoms with van der Waals surface area (Å²) >= 11 is 0.